The molecule has 1 aliphatic rings. The SMILES string of the molecule is Cc1cccc(NC(=O)C2CCC(C(=O)N(C)Cc3ccccc3)CC2)c1C. The smallest absolute Gasteiger partial charge is 0.227 e. The van der Waals surface area contributed by atoms with Crippen molar-refractivity contribution in [3.8, 4) is 0 Å². The van der Waals surface area contributed by atoms with Gasteiger partial charge in [0.05, 0.1) is 0 Å². The normalized spacial score (nSPS) is 19.1. The minimum Gasteiger partial charge on any atom is -0.341 e. The van der Waals surface area contributed by atoms with Crippen molar-refractivity contribution in [3.05, 3.63) is 65.2 Å². The number of carbonyl (C=O) groups is 2. The van der Waals surface area contributed by atoms with E-state index < -0.39 is 0 Å². The first kappa shape index (κ1) is 20.1. The molecule has 2 aromatic carbocycles. The van der Waals surface area contributed by atoms with Gasteiger partial charge in [-0.15, -0.1) is 0 Å². The van der Waals surface area contributed by atoms with Gasteiger partial charge in [0.25, 0.3) is 0 Å². The third-order valence-corrected chi connectivity index (χ3v) is 5.95. The highest BCUT2D eigenvalue weighted by atomic mass is 16.2. The molecular formula is C24H30N2O2. The van der Waals surface area contributed by atoms with Gasteiger partial charge in [0.1, 0.15) is 0 Å². The first-order chi connectivity index (χ1) is 13.5. The molecule has 0 saturated heterocycles. The van der Waals surface area contributed by atoms with Crippen LogP contribution in [-0.4, -0.2) is 23.8 Å². The van der Waals surface area contributed by atoms with Crippen molar-refractivity contribution in [2.45, 2.75) is 46.1 Å². The van der Waals surface area contributed by atoms with Crippen molar-refractivity contribution in [3.63, 3.8) is 0 Å². The molecule has 0 heterocycles. The molecule has 0 aromatic heterocycles. The lowest BCUT2D eigenvalue weighted by Crippen LogP contribution is -2.36. The van der Waals surface area contributed by atoms with E-state index in [0.29, 0.717) is 6.54 Å². The summed E-state index contributed by atoms with van der Waals surface area (Å²) >= 11 is 0. The molecule has 2 aromatic rings. The van der Waals surface area contributed by atoms with E-state index in [2.05, 4.69) is 5.32 Å². The molecule has 4 nitrogen and oxygen atoms in total. The molecule has 2 amide bonds. The predicted octanol–water partition coefficient (Wildman–Crippen LogP) is 4.71. The van der Waals surface area contributed by atoms with Gasteiger partial charge >= 0.3 is 0 Å². The van der Waals surface area contributed by atoms with E-state index in [-0.39, 0.29) is 23.7 Å². The quantitative estimate of drug-likeness (QED) is 0.819. The Morgan fingerprint density at radius 3 is 2.25 bits per heavy atom. The van der Waals surface area contributed by atoms with E-state index in [1.54, 1.807) is 0 Å². The zero-order valence-electron chi connectivity index (χ0n) is 17.1. The van der Waals surface area contributed by atoms with Gasteiger partial charge in [0, 0.05) is 31.1 Å². The summed E-state index contributed by atoms with van der Waals surface area (Å²) in [6, 6.07) is 16.0. The third-order valence-electron chi connectivity index (χ3n) is 5.95. The Labute approximate surface area is 167 Å². The first-order valence-electron chi connectivity index (χ1n) is 10.1. The summed E-state index contributed by atoms with van der Waals surface area (Å²) in [6.07, 6.45) is 3.10. The standard InChI is InChI=1S/C24H30N2O2/c1-17-8-7-11-22(18(17)2)25-23(27)20-12-14-21(15-13-20)24(28)26(3)16-19-9-5-4-6-10-19/h4-11,20-21H,12-16H2,1-3H3,(H,25,27). The van der Waals surface area contributed by atoms with Crippen LogP contribution >= 0.6 is 0 Å². The van der Waals surface area contributed by atoms with Crippen molar-refractivity contribution >= 4 is 17.5 Å². The summed E-state index contributed by atoms with van der Waals surface area (Å²) in [5, 5.41) is 3.09. The molecule has 1 N–H and O–H groups in total. The molecule has 148 valence electrons. The maximum atomic E-state index is 12.8. The number of benzene rings is 2. The Bertz CT molecular complexity index is 824. The van der Waals surface area contributed by atoms with Gasteiger partial charge in [-0.1, -0.05) is 42.5 Å². The fourth-order valence-corrected chi connectivity index (χ4v) is 3.97. The number of hydrogen-bond donors (Lipinski definition) is 1. The summed E-state index contributed by atoms with van der Waals surface area (Å²) in [6.45, 7) is 4.71. The highest BCUT2D eigenvalue weighted by molar-refractivity contribution is 5.93. The van der Waals surface area contributed by atoms with Crippen LogP contribution in [0.4, 0.5) is 5.69 Å². The van der Waals surface area contributed by atoms with Gasteiger partial charge in [0.15, 0.2) is 0 Å². The van der Waals surface area contributed by atoms with Gasteiger partial charge in [-0.05, 0) is 62.3 Å². The number of nitrogens with zero attached hydrogens (tertiary/aromatic N) is 1. The molecule has 0 unspecified atom stereocenters. The Balaban J connectivity index is 1.51. The summed E-state index contributed by atoms with van der Waals surface area (Å²) in [7, 11) is 1.87. The molecule has 28 heavy (non-hydrogen) atoms. The van der Waals surface area contributed by atoms with Gasteiger partial charge < -0.3 is 10.2 Å². The van der Waals surface area contributed by atoms with E-state index in [1.807, 2.05) is 74.3 Å². The number of amides is 2. The number of aryl methyl sites for hydroxylation is 1. The van der Waals surface area contributed by atoms with Crippen LogP contribution in [0.25, 0.3) is 0 Å². The predicted molar refractivity (Wildman–Crippen MR) is 113 cm³/mol. The van der Waals surface area contributed by atoms with E-state index in [0.717, 1.165) is 42.5 Å². The number of anilines is 1. The number of nitrogens with one attached hydrogen (secondary N) is 1. The van der Waals surface area contributed by atoms with Gasteiger partial charge in [-0.25, -0.2) is 0 Å². The van der Waals surface area contributed by atoms with E-state index in [4.69, 9.17) is 0 Å². The minimum atomic E-state index is -0.0107. The Morgan fingerprint density at radius 2 is 1.57 bits per heavy atom. The van der Waals surface area contributed by atoms with Crippen LogP contribution in [0.2, 0.25) is 0 Å². The minimum absolute atomic E-state index is 0.0107. The second-order valence-electron chi connectivity index (χ2n) is 7.97. The molecule has 1 fully saturated rings. The van der Waals surface area contributed by atoms with Gasteiger partial charge in [0.2, 0.25) is 11.8 Å². The van der Waals surface area contributed by atoms with Crippen molar-refractivity contribution in [2.75, 3.05) is 12.4 Å². The molecule has 3 rings (SSSR count). The lowest BCUT2D eigenvalue weighted by molar-refractivity contribution is -0.137. The van der Waals surface area contributed by atoms with Gasteiger partial charge in [-0.2, -0.15) is 0 Å². The molecule has 1 saturated carbocycles. The topological polar surface area (TPSA) is 49.4 Å². The first-order valence-corrected chi connectivity index (χ1v) is 10.1. The largest absolute Gasteiger partial charge is 0.341 e. The lowest BCUT2D eigenvalue weighted by atomic mass is 9.81. The van der Waals surface area contributed by atoms with Crippen LogP contribution in [0.15, 0.2) is 48.5 Å². The highest BCUT2D eigenvalue weighted by Crippen LogP contribution is 2.31. The third kappa shape index (κ3) is 4.80. The Hall–Kier alpha value is -2.62. The van der Waals surface area contributed by atoms with Crippen molar-refractivity contribution in [1.82, 2.24) is 4.90 Å². The molecule has 1 aliphatic carbocycles. The average molecular weight is 379 g/mol. The van der Waals surface area contributed by atoms with Crippen molar-refractivity contribution < 1.29 is 9.59 Å². The molecule has 0 bridgehead atoms. The lowest BCUT2D eigenvalue weighted by Gasteiger charge is -2.30. The zero-order valence-corrected chi connectivity index (χ0v) is 17.1. The maximum absolute atomic E-state index is 12.8. The fraction of sp³-hybridized carbons (Fsp3) is 0.417. The monoisotopic (exact) mass is 378 g/mol. The molecule has 4 heteroatoms. The van der Waals surface area contributed by atoms with Gasteiger partial charge in [-0.3, -0.25) is 9.59 Å². The molecule has 0 radical (unpaired) electrons. The second kappa shape index (κ2) is 9.05. The van der Waals surface area contributed by atoms with Crippen LogP contribution in [0.5, 0.6) is 0 Å². The van der Waals surface area contributed by atoms with Crippen LogP contribution in [0, 0.1) is 25.7 Å². The van der Waals surface area contributed by atoms with Crippen molar-refractivity contribution in [1.29, 1.82) is 0 Å². The number of hydrogen-bond acceptors (Lipinski definition) is 2. The Kier molecular flexibility index (Phi) is 6.50. The molecular weight excluding hydrogens is 348 g/mol. The highest BCUT2D eigenvalue weighted by Gasteiger charge is 2.31. The van der Waals surface area contributed by atoms with Crippen LogP contribution in [0.1, 0.15) is 42.4 Å². The second-order valence-corrected chi connectivity index (χ2v) is 7.97. The Morgan fingerprint density at radius 1 is 0.929 bits per heavy atom. The van der Waals surface area contributed by atoms with Crippen LogP contribution in [-0.2, 0) is 16.1 Å². The summed E-state index contributed by atoms with van der Waals surface area (Å²) in [5.74, 6) is 0.288. The number of carbonyl (C=O) groups excluding carboxylic acids is 2. The molecule has 0 spiro atoms. The number of rotatable bonds is 5. The van der Waals surface area contributed by atoms with Crippen molar-refractivity contribution in [2.24, 2.45) is 11.8 Å². The molecule has 0 aliphatic heterocycles. The maximum Gasteiger partial charge on any atom is 0.227 e. The van der Waals surface area contributed by atoms with E-state index >= 15 is 0 Å². The van der Waals surface area contributed by atoms with E-state index in [9.17, 15) is 9.59 Å². The summed E-state index contributed by atoms with van der Waals surface area (Å²) in [5.41, 5.74) is 4.32. The zero-order chi connectivity index (χ0) is 20.1. The summed E-state index contributed by atoms with van der Waals surface area (Å²) < 4.78 is 0. The summed E-state index contributed by atoms with van der Waals surface area (Å²) in [4.78, 5) is 27.3. The van der Waals surface area contributed by atoms with Crippen LogP contribution < -0.4 is 5.32 Å². The molecule has 0 atom stereocenters. The fourth-order valence-electron chi connectivity index (χ4n) is 3.97. The van der Waals surface area contributed by atoms with E-state index in [1.165, 1.54) is 5.56 Å². The average Bonchev–Trinajstić information content (AvgIpc) is 2.71. The van der Waals surface area contributed by atoms with Crippen LogP contribution in [0.3, 0.4) is 0 Å².